The van der Waals surface area contributed by atoms with Gasteiger partial charge in [-0.2, -0.15) is 0 Å². The van der Waals surface area contributed by atoms with Crippen molar-refractivity contribution in [2.45, 2.75) is 43.7 Å². The highest BCUT2D eigenvalue weighted by molar-refractivity contribution is 7.90. The van der Waals surface area contributed by atoms with Gasteiger partial charge in [0.15, 0.2) is 0 Å². The molecule has 1 amide bonds. The van der Waals surface area contributed by atoms with Crippen LogP contribution in [-0.4, -0.2) is 31.2 Å². The number of aromatic nitrogens is 1. The highest BCUT2D eigenvalue weighted by atomic mass is 32.2. The van der Waals surface area contributed by atoms with Crippen molar-refractivity contribution in [1.82, 2.24) is 15.0 Å². The zero-order chi connectivity index (χ0) is 24.8. The number of aliphatic imine (C=N–C) groups is 1. The van der Waals surface area contributed by atoms with Gasteiger partial charge in [0.1, 0.15) is 23.4 Å². The number of carbonyl (C=O) groups excluding carboxylic acids is 1. The first-order valence-electron chi connectivity index (χ1n) is 11.2. The lowest BCUT2D eigenvalue weighted by atomic mass is 10.1. The van der Waals surface area contributed by atoms with Crippen LogP contribution in [0.2, 0.25) is 0 Å². The van der Waals surface area contributed by atoms with Crippen LogP contribution in [0, 0.1) is 5.82 Å². The van der Waals surface area contributed by atoms with Gasteiger partial charge in [-0.15, -0.1) is 0 Å². The first-order valence-corrected chi connectivity index (χ1v) is 12.7. The van der Waals surface area contributed by atoms with Gasteiger partial charge in [0.2, 0.25) is 11.8 Å². The van der Waals surface area contributed by atoms with Gasteiger partial charge < -0.3 is 10.1 Å². The molecule has 35 heavy (non-hydrogen) atoms. The summed E-state index contributed by atoms with van der Waals surface area (Å²) in [7, 11) is -3.70. The third-order valence-corrected chi connectivity index (χ3v) is 6.79. The molecule has 0 aliphatic carbocycles. The number of amides is 1. The third kappa shape index (κ3) is 5.83. The number of halogens is 1. The number of hydrogen-bond donors (Lipinski definition) is 2. The summed E-state index contributed by atoms with van der Waals surface area (Å²) in [6.07, 6.45) is 3.59. The lowest BCUT2D eigenvalue weighted by Crippen LogP contribution is -2.35. The molecule has 2 N–H and O–H groups in total. The van der Waals surface area contributed by atoms with Gasteiger partial charge in [-0.25, -0.2) is 17.8 Å². The number of fused-ring (bicyclic) bond motifs is 1. The number of nitrogens with one attached hydrogen (secondary N) is 2. The SMILES string of the molecule is CCCCC(N=C1NS(=O)(=O)c2ccccc21)C(=O)NCc1cccnc1Oc1cccc(F)c1. The molecule has 182 valence electrons. The highest BCUT2D eigenvalue weighted by Gasteiger charge is 2.31. The summed E-state index contributed by atoms with van der Waals surface area (Å²) in [6, 6.07) is 14.9. The van der Waals surface area contributed by atoms with E-state index in [1.165, 1.54) is 24.3 Å². The molecule has 8 nitrogen and oxygen atoms in total. The Bertz CT molecular complexity index is 1360. The molecule has 3 aromatic rings. The van der Waals surface area contributed by atoms with Crippen molar-refractivity contribution < 1.29 is 22.3 Å². The van der Waals surface area contributed by atoms with Crippen LogP contribution < -0.4 is 14.8 Å². The number of unbranched alkanes of at least 4 members (excludes halogenated alkanes) is 1. The fourth-order valence-corrected chi connectivity index (χ4v) is 4.87. The van der Waals surface area contributed by atoms with E-state index in [0.717, 1.165) is 12.8 Å². The molecule has 0 saturated heterocycles. The van der Waals surface area contributed by atoms with E-state index in [0.29, 0.717) is 17.5 Å². The van der Waals surface area contributed by atoms with Crippen LogP contribution in [0.4, 0.5) is 4.39 Å². The average molecular weight is 497 g/mol. The monoisotopic (exact) mass is 496 g/mol. The molecular weight excluding hydrogens is 471 g/mol. The smallest absolute Gasteiger partial charge is 0.263 e. The lowest BCUT2D eigenvalue weighted by molar-refractivity contribution is -0.122. The quantitative estimate of drug-likeness (QED) is 0.467. The van der Waals surface area contributed by atoms with Crippen molar-refractivity contribution in [1.29, 1.82) is 0 Å². The number of sulfonamides is 1. The van der Waals surface area contributed by atoms with Crippen LogP contribution in [0.25, 0.3) is 0 Å². The molecule has 1 aliphatic rings. The minimum atomic E-state index is -3.70. The van der Waals surface area contributed by atoms with E-state index in [2.05, 4.69) is 20.0 Å². The minimum Gasteiger partial charge on any atom is -0.439 e. The standard InChI is InChI=1S/C25H25FN4O4S/c1-2-3-12-21(29-23-20-11-4-5-13-22(20)35(32,33)30-23)24(31)28-16-17-8-7-14-27-25(17)34-19-10-6-9-18(26)15-19/h4-11,13-15,21H,2-3,12,16H2,1H3,(H,28,31)(H,29,30). The van der Waals surface area contributed by atoms with Gasteiger partial charge in [-0.05, 0) is 36.8 Å². The van der Waals surface area contributed by atoms with E-state index >= 15 is 0 Å². The Kier molecular flexibility index (Phi) is 7.40. The van der Waals surface area contributed by atoms with Crippen LogP contribution >= 0.6 is 0 Å². The average Bonchev–Trinajstić information content (AvgIpc) is 3.11. The maximum atomic E-state index is 13.5. The number of carbonyl (C=O) groups is 1. The molecule has 0 spiro atoms. The summed E-state index contributed by atoms with van der Waals surface area (Å²) in [5.41, 5.74) is 1.04. The summed E-state index contributed by atoms with van der Waals surface area (Å²) in [5, 5.41) is 2.85. The van der Waals surface area contributed by atoms with Crippen molar-refractivity contribution in [3.63, 3.8) is 0 Å². The largest absolute Gasteiger partial charge is 0.439 e. The maximum absolute atomic E-state index is 13.5. The van der Waals surface area contributed by atoms with E-state index in [9.17, 15) is 17.6 Å². The zero-order valence-electron chi connectivity index (χ0n) is 19.1. The Morgan fingerprint density at radius 2 is 2.00 bits per heavy atom. The van der Waals surface area contributed by atoms with Crippen LogP contribution in [0.5, 0.6) is 11.6 Å². The van der Waals surface area contributed by atoms with E-state index in [4.69, 9.17) is 4.74 Å². The van der Waals surface area contributed by atoms with Crippen molar-refractivity contribution >= 4 is 21.8 Å². The third-order valence-electron chi connectivity index (χ3n) is 5.40. The highest BCUT2D eigenvalue weighted by Crippen LogP contribution is 2.25. The number of ether oxygens (including phenoxy) is 1. The second-order valence-corrected chi connectivity index (χ2v) is 9.63. The second-order valence-electron chi connectivity index (χ2n) is 7.98. The first-order chi connectivity index (χ1) is 16.9. The zero-order valence-corrected chi connectivity index (χ0v) is 19.9. The van der Waals surface area contributed by atoms with Crippen LogP contribution in [-0.2, 0) is 21.4 Å². The predicted molar refractivity (Wildman–Crippen MR) is 129 cm³/mol. The Morgan fingerprint density at radius 1 is 1.17 bits per heavy atom. The number of hydrogen-bond acceptors (Lipinski definition) is 6. The van der Waals surface area contributed by atoms with Crippen LogP contribution in [0.3, 0.4) is 0 Å². The summed E-state index contributed by atoms with van der Waals surface area (Å²) in [6.45, 7) is 2.11. The number of amidine groups is 1. The Morgan fingerprint density at radius 3 is 2.80 bits per heavy atom. The van der Waals surface area contributed by atoms with Gasteiger partial charge in [-0.1, -0.05) is 44.0 Å². The number of rotatable bonds is 9. The number of pyridine rings is 1. The Labute approximate surface area is 203 Å². The van der Waals surface area contributed by atoms with E-state index in [1.54, 1.807) is 42.6 Å². The van der Waals surface area contributed by atoms with Gasteiger partial charge in [0.05, 0.1) is 4.90 Å². The molecule has 2 aromatic carbocycles. The molecule has 0 saturated carbocycles. The molecule has 4 rings (SSSR count). The van der Waals surface area contributed by atoms with Crippen molar-refractivity contribution in [2.24, 2.45) is 4.99 Å². The normalized spacial score (nSPS) is 15.8. The van der Waals surface area contributed by atoms with Crippen LogP contribution in [0.1, 0.15) is 37.3 Å². The van der Waals surface area contributed by atoms with Gasteiger partial charge >= 0.3 is 0 Å². The van der Waals surface area contributed by atoms with E-state index < -0.39 is 21.9 Å². The van der Waals surface area contributed by atoms with Crippen molar-refractivity contribution in [3.8, 4) is 11.6 Å². The van der Waals surface area contributed by atoms with Gasteiger partial charge in [0, 0.05) is 29.9 Å². The molecule has 0 fully saturated rings. The van der Waals surface area contributed by atoms with Gasteiger partial charge in [0.25, 0.3) is 10.0 Å². The molecule has 1 unspecified atom stereocenters. The van der Waals surface area contributed by atoms with Gasteiger partial charge in [-0.3, -0.25) is 14.5 Å². The lowest BCUT2D eigenvalue weighted by Gasteiger charge is -2.15. The minimum absolute atomic E-state index is 0.104. The molecule has 2 heterocycles. The summed E-state index contributed by atoms with van der Waals surface area (Å²) < 4.78 is 46.5. The van der Waals surface area contributed by atoms with Crippen molar-refractivity contribution in [2.75, 3.05) is 0 Å². The molecule has 1 aliphatic heterocycles. The maximum Gasteiger partial charge on any atom is 0.263 e. The van der Waals surface area contributed by atoms with Crippen LogP contribution in [0.15, 0.2) is 76.7 Å². The van der Waals surface area contributed by atoms with E-state index in [1.807, 2.05) is 6.92 Å². The fraction of sp³-hybridized carbons (Fsp3) is 0.240. The number of nitrogens with zero attached hydrogens (tertiary/aromatic N) is 2. The van der Waals surface area contributed by atoms with Crippen molar-refractivity contribution in [3.05, 3.63) is 83.8 Å². The topological polar surface area (TPSA) is 110 Å². The molecule has 0 bridgehead atoms. The molecular formula is C25H25FN4O4S. The molecule has 1 aromatic heterocycles. The summed E-state index contributed by atoms with van der Waals surface area (Å²) in [5.74, 6) is -0.0956. The summed E-state index contributed by atoms with van der Waals surface area (Å²) >= 11 is 0. The molecule has 0 radical (unpaired) electrons. The molecule has 1 atom stereocenters. The molecule has 10 heteroatoms. The summed E-state index contributed by atoms with van der Waals surface area (Å²) in [4.78, 5) is 21.9. The Balaban J connectivity index is 1.51. The Hall–Kier alpha value is -3.79. The fourth-order valence-electron chi connectivity index (χ4n) is 3.63. The van der Waals surface area contributed by atoms with E-state index in [-0.39, 0.29) is 34.8 Å². The second kappa shape index (κ2) is 10.6. The number of benzene rings is 2. The predicted octanol–water partition coefficient (Wildman–Crippen LogP) is 3.93. The first kappa shape index (κ1) is 24.3.